The van der Waals surface area contributed by atoms with Crippen LogP contribution in [-0.2, 0) is 14.4 Å². The van der Waals surface area contributed by atoms with E-state index in [0.29, 0.717) is 42.9 Å². The number of alkyl halides is 1. The molecule has 31 heavy (non-hydrogen) atoms. The Kier molecular flexibility index (Phi) is 9.04. The van der Waals surface area contributed by atoms with Crippen LogP contribution in [-0.4, -0.2) is 60.8 Å². The number of hydrogen-bond donors (Lipinski definition) is 3. The lowest BCUT2D eigenvalue weighted by Crippen LogP contribution is -2.49. The number of benzene rings is 1. The number of likely N-dealkylation sites (tertiary alicyclic amines) is 1. The smallest absolute Gasteiger partial charge is 0.278 e. The highest BCUT2D eigenvalue weighted by atomic mass is 19.1. The summed E-state index contributed by atoms with van der Waals surface area (Å²) in [6.45, 7) is 2.16. The van der Waals surface area contributed by atoms with Gasteiger partial charge in [0.05, 0.1) is 25.8 Å². The molecule has 3 atom stereocenters. The van der Waals surface area contributed by atoms with E-state index in [2.05, 4.69) is 5.32 Å². The number of ether oxygens (including phenoxy) is 2. The Balaban J connectivity index is 2.21. The molecular formula is C21H30FN3O6. The zero-order valence-electron chi connectivity index (χ0n) is 18.0. The molecule has 0 radical (unpaired) electrons. The molecule has 1 unspecified atom stereocenters. The summed E-state index contributed by atoms with van der Waals surface area (Å²) in [5, 5.41) is 11.5. The zero-order valence-corrected chi connectivity index (χ0v) is 18.0. The molecule has 3 N–H and O–H groups in total. The third kappa shape index (κ3) is 5.84. The van der Waals surface area contributed by atoms with E-state index in [4.69, 9.17) is 14.7 Å². The molecule has 1 heterocycles. The standard InChI is InChI=1S/C21H30FN3O6/c1-4-5-7-14(18(22)20(27)24-29)21(28)25-11-6-8-16(25)19(26)23-15-12-13(30-2)9-10-17(15)31-3/h9-10,12,14,16,18,29H,4-8,11H2,1-3H3,(H,23,26)(H,24,27)/t14-,16+,18?/m1/s1. The number of rotatable bonds is 10. The molecule has 1 aliphatic rings. The lowest BCUT2D eigenvalue weighted by Gasteiger charge is -2.29. The number of carbonyl (C=O) groups is 3. The number of carbonyl (C=O) groups excluding carboxylic acids is 3. The van der Waals surface area contributed by atoms with Gasteiger partial charge in [0.25, 0.3) is 5.91 Å². The van der Waals surface area contributed by atoms with E-state index in [9.17, 15) is 18.8 Å². The number of halogens is 1. The first-order valence-corrected chi connectivity index (χ1v) is 10.3. The van der Waals surface area contributed by atoms with Crippen LogP contribution in [0.25, 0.3) is 0 Å². The molecule has 1 aliphatic heterocycles. The summed E-state index contributed by atoms with van der Waals surface area (Å²) < 4.78 is 25.0. The van der Waals surface area contributed by atoms with Gasteiger partial charge in [0, 0.05) is 12.6 Å². The Morgan fingerprint density at radius 3 is 2.65 bits per heavy atom. The Morgan fingerprint density at radius 1 is 1.29 bits per heavy atom. The van der Waals surface area contributed by atoms with Crippen LogP contribution >= 0.6 is 0 Å². The molecule has 172 valence electrons. The predicted molar refractivity (Wildman–Crippen MR) is 111 cm³/mol. The molecule has 0 bridgehead atoms. The number of unbranched alkanes of at least 4 members (excludes halogenated alkanes) is 1. The molecule has 1 saturated heterocycles. The molecule has 1 fully saturated rings. The van der Waals surface area contributed by atoms with Crippen molar-refractivity contribution in [3.63, 3.8) is 0 Å². The fourth-order valence-electron chi connectivity index (χ4n) is 3.71. The second-order valence-corrected chi connectivity index (χ2v) is 7.37. The van der Waals surface area contributed by atoms with Gasteiger partial charge in [0.1, 0.15) is 17.5 Å². The van der Waals surface area contributed by atoms with Crippen molar-refractivity contribution in [2.24, 2.45) is 5.92 Å². The van der Waals surface area contributed by atoms with Crippen LogP contribution in [0.15, 0.2) is 18.2 Å². The summed E-state index contributed by atoms with van der Waals surface area (Å²) in [7, 11) is 2.96. The molecule has 9 nitrogen and oxygen atoms in total. The van der Waals surface area contributed by atoms with Crippen molar-refractivity contribution in [3.8, 4) is 11.5 Å². The van der Waals surface area contributed by atoms with Gasteiger partial charge in [-0.3, -0.25) is 19.6 Å². The molecule has 0 aliphatic carbocycles. The van der Waals surface area contributed by atoms with Crippen LogP contribution in [0.4, 0.5) is 10.1 Å². The number of anilines is 1. The fraction of sp³-hybridized carbons (Fsp3) is 0.571. The first-order chi connectivity index (χ1) is 14.9. The van der Waals surface area contributed by atoms with Crippen molar-refractivity contribution >= 4 is 23.4 Å². The van der Waals surface area contributed by atoms with Crippen LogP contribution in [0, 0.1) is 5.92 Å². The van der Waals surface area contributed by atoms with Gasteiger partial charge in [-0.1, -0.05) is 19.8 Å². The lowest BCUT2D eigenvalue weighted by molar-refractivity contribution is -0.148. The van der Waals surface area contributed by atoms with Gasteiger partial charge in [0.2, 0.25) is 11.8 Å². The Hall–Kier alpha value is -2.88. The first kappa shape index (κ1) is 24.4. The normalized spacial score (nSPS) is 17.6. The average Bonchev–Trinajstić information content (AvgIpc) is 3.28. The molecule has 0 saturated carbocycles. The molecule has 1 aromatic carbocycles. The van der Waals surface area contributed by atoms with Crippen LogP contribution in [0.1, 0.15) is 39.0 Å². The highest BCUT2D eigenvalue weighted by Crippen LogP contribution is 2.31. The van der Waals surface area contributed by atoms with E-state index >= 15 is 0 Å². The Labute approximate surface area is 180 Å². The largest absolute Gasteiger partial charge is 0.497 e. The maximum Gasteiger partial charge on any atom is 0.278 e. The summed E-state index contributed by atoms with van der Waals surface area (Å²) in [5.74, 6) is -2.64. The summed E-state index contributed by atoms with van der Waals surface area (Å²) in [6.07, 6.45) is 0.152. The number of nitrogens with zero attached hydrogens (tertiary/aromatic N) is 1. The second kappa shape index (κ2) is 11.5. The van der Waals surface area contributed by atoms with E-state index in [1.165, 1.54) is 24.6 Å². The number of hydrogen-bond acceptors (Lipinski definition) is 6. The Morgan fingerprint density at radius 2 is 2.03 bits per heavy atom. The van der Waals surface area contributed by atoms with E-state index in [1.54, 1.807) is 18.2 Å². The SMILES string of the molecule is CCCC[C@@H](C(=O)N1CCC[C@H]1C(=O)Nc1cc(OC)ccc1OC)C(F)C(=O)NO. The predicted octanol–water partition coefficient (Wildman–Crippen LogP) is 2.28. The molecule has 0 spiro atoms. The van der Waals surface area contributed by atoms with Crippen molar-refractivity contribution < 1.29 is 33.5 Å². The molecule has 0 aromatic heterocycles. The van der Waals surface area contributed by atoms with Crippen molar-refractivity contribution in [2.75, 3.05) is 26.1 Å². The minimum absolute atomic E-state index is 0.137. The number of hydroxylamine groups is 1. The van der Waals surface area contributed by atoms with E-state index in [-0.39, 0.29) is 13.0 Å². The van der Waals surface area contributed by atoms with E-state index in [1.807, 2.05) is 6.92 Å². The topological polar surface area (TPSA) is 117 Å². The van der Waals surface area contributed by atoms with Crippen molar-refractivity contribution in [2.45, 2.75) is 51.2 Å². The summed E-state index contributed by atoms with van der Waals surface area (Å²) >= 11 is 0. The third-order valence-electron chi connectivity index (χ3n) is 5.40. The van der Waals surface area contributed by atoms with E-state index < -0.39 is 35.9 Å². The van der Waals surface area contributed by atoms with Crippen LogP contribution in [0.3, 0.4) is 0 Å². The summed E-state index contributed by atoms with van der Waals surface area (Å²) in [5.41, 5.74) is 1.65. The molecule has 1 aromatic rings. The average molecular weight is 439 g/mol. The van der Waals surface area contributed by atoms with Gasteiger partial charge in [0.15, 0.2) is 6.17 Å². The number of methoxy groups -OCH3 is 2. The summed E-state index contributed by atoms with van der Waals surface area (Å²) in [4.78, 5) is 39.0. The highest BCUT2D eigenvalue weighted by Gasteiger charge is 2.41. The Bertz CT molecular complexity index is 790. The van der Waals surface area contributed by atoms with Crippen molar-refractivity contribution in [3.05, 3.63) is 18.2 Å². The second-order valence-electron chi connectivity index (χ2n) is 7.37. The zero-order chi connectivity index (χ0) is 23.0. The molecule has 3 amide bonds. The third-order valence-corrected chi connectivity index (χ3v) is 5.40. The highest BCUT2D eigenvalue weighted by molar-refractivity contribution is 5.99. The van der Waals surface area contributed by atoms with Crippen molar-refractivity contribution in [1.82, 2.24) is 10.4 Å². The van der Waals surface area contributed by atoms with E-state index in [0.717, 1.165) is 0 Å². The van der Waals surface area contributed by atoms with Gasteiger partial charge in [-0.05, 0) is 31.4 Å². The molecular weight excluding hydrogens is 409 g/mol. The van der Waals surface area contributed by atoms with Crippen LogP contribution in [0.2, 0.25) is 0 Å². The van der Waals surface area contributed by atoms with Gasteiger partial charge < -0.3 is 19.7 Å². The van der Waals surface area contributed by atoms with Crippen LogP contribution < -0.4 is 20.3 Å². The fourth-order valence-corrected chi connectivity index (χ4v) is 3.71. The molecule has 2 rings (SSSR count). The lowest BCUT2D eigenvalue weighted by atomic mass is 9.94. The van der Waals surface area contributed by atoms with Gasteiger partial charge in [-0.15, -0.1) is 0 Å². The monoisotopic (exact) mass is 439 g/mol. The minimum Gasteiger partial charge on any atom is -0.497 e. The number of amides is 3. The quantitative estimate of drug-likeness (QED) is 0.380. The maximum atomic E-state index is 14.6. The van der Waals surface area contributed by atoms with Gasteiger partial charge >= 0.3 is 0 Å². The summed E-state index contributed by atoms with van der Waals surface area (Å²) in [6, 6.07) is 4.13. The minimum atomic E-state index is -2.20. The maximum absolute atomic E-state index is 14.6. The van der Waals surface area contributed by atoms with Crippen LogP contribution in [0.5, 0.6) is 11.5 Å². The van der Waals surface area contributed by atoms with Crippen molar-refractivity contribution in [1.29, 1.82) is 0 Å². The molecule has 10 heteroatoms. The van der Waals surface area contributed by atoms with Gasteiger partial charge in [-0.2, -0.15) is 0 Å². The number of nitrogens with one attached hydrogen (secondary N) is 2. The first-order valence-electron chi connectivity index (χ1n) is 10.3. The van der Waals surface area contributed by atoms with Gasteiger partial charge in [-0.25, -0.2) is 9.87 Å².